The van der Waals surface area contributed by atoms with Gasteiger partial charge in [-0.15, -0.1) is 0 Å². The SMILES string of the molecule is CCCC1(CCC)c2ccccc2-c2ccc(C(=O)/C(I)=N/OC(=O)I)cc21. The Hall–Kier alpha value is -1.29. The summed E-state index contributed by atoms with van der Waals surface area (Å²) >= 11 is 3.29. The highest BCUT2D eigenvalue weighted by Crippen LogP contribution is 2.53. The summed E-state index contributed by atoms with van der Waals surface area (Å²) < 4.78 is -0.441. The molecule has 0 spiro atoms. The summed E-state index contributed by atoms with van der Waals surface area (Å²) in [7, 11) is 0. The number of carbonyl (C=O) groups is 2. The summed E-state index contributed by atoms with van der Waals surface area (Å²) in [6.45, 7) is 4.42. The minimum Gasteiger partial charge on any atom is -0.306 e. The van der Waals surface area contributed by atoms with Crippen molar-refractivity contribution in [3.8, 4) is 11.1 Å². The molecule has 2 aromatic carbocycles. The number of hydrogen-bond donors (Lipinski definition) is 0. The Bertz CT molecular complexity index is 947. The first kappa shape index (κ1) is 21.4. The molecule has 0 unspecified atom stereocenters. The van der Waals surface area contributed by atoms with Crippen molar-refractivity contribution < 1.29 is 14.4 Å². The topological polar surface area (TPSA) is 55.7 Å². The molecule has 1 aliphatic rings. The van der Waals surface area contributed by atoms with Crippen LogP contribution in [-0.2, 0) is 10.3 Å². The van der Waals surface area contributed by atoms with Crippen molar-refractivity contribution in [2.75, 3.05) is 0 Å². The molecule has 2 aromatic rings. The number of nitrogens with zero attached hydrogens (tertiary/aromatic N) is 1. The minimum absolute atomic E-state index is 0.0665. The molecule has 0 aromatic heterocycles. The Morgan fingerprint density at radius 1 is 0.964 bits per heavy atom. The van der Waals surface area contributed by atoms with Crippen LogP contribution in [0, 0.1) is 0 Å². The Labute approximate surface area is 192 Å². The number of oxime groups is 1. The van der Waals surface area contributed by atoms with Gasteiger partial charge in [0, 0.05) is 11.0 Å². The maximum absolute atomic E-state index is 12.8. The maximum atomic E-state index is 12.8. The molecular weight excluding hydrogens is 580 g/mol. The van der Waals surface area contributed by atoms with E-state index in [4.69, 9.17) is 0 Å². The van der Waals surface area contributed by atoms with Crippen LogP contribution in [0.25, 0.3) is 11.1 Å². The van der Waals surface area contributed by atoms with Gasteiger partial charge < -0.3 is 4.84 Å². The lowest BCUT2D eigenvalue weighted by molar-refractivity contribution is 0.106. The van der Waals surface area contributed by atoms with Gasteiger partial charge in [0.2, 0.25) is 5.78 Å². The molecule has 28 heavy (non-hydrogen) atoms. The van der Waals surface area contributed by atoms with E-state index in [-0.39, 0.29) is 14.9 Å². The Morgan fingerprint density at radius 2 is 1.61 bits per heavy atom. The summed E-state index contributed by atoms with van der Waals surface area (Å²) in [4.78, 5) is 28.4. The zero-order valence-electron chi connectivity index (χ0n) is 15.8. The molecule has 3 rings (SSSR count). The van der Waals surface area contributed by atoms with Crippen molar-refractivity contribution in [1.82, 2.24) is 0 Å². The lowest BCUT2D eigenvalue weighted by atomic mass is 9.71. The smallest absolute Gasteiger partial charge is 0.306 e. The number of benzene rings is 2. The van der Waals surface area contributed by atoms with Gasteiger partial charge in [-0.25, -0.2) is 4.79 Å². The highest BCUT2D eigenvalue weighted by molar-refractivity contribution is 14.1. The third kappa shape index (κ3) is 3.90. The normalized spacial score (nSPS) is 14.4. The van der Waals surface area contributed by atoms with E-state index in [9.17, 15) is 9.59 Å². The van der Waals surface area contributed by atoms with Crippen molar-refractivity contribution in [1.29, 1.82) is 0 Å². The van der Waals surface area contributed by atoms with Gasteiger partial charge in [0.15, 0.2) is 3.72 Å². The number of rotatable bonds is 7. The molecule has 0 atom stereocenters. The third-order valence-electron chi connectivity index (χ3n) is 5.27. The third-order valence-corrected chi connectivity index (χ3v) is 6.15. The molecule has 0 saturated carbocycles. The quantitative estimate of drug-likeness (QED) is 0.0854. The number of carbonyl (C=O) groups excluding carboxylic acids is 2. The summed E-state index contributed by atoms with van der Waals surface area (Å²) in [5, 5.41) is 3.64. The molecule has 0 fully saturated rings. The van der Waals surface area contributed by atoms with Crippen LogP contribution in [0.1, 0.15) is 61.0 Å². The number of halogens is 2. The first-order valence-electron chi connectivity index (χ1n) is 9.33. The van der Waals surface area contributed by atoms with E-state index in [1.54, 1.807) is 0 Å². The van der Waals surface area contributed by atoms with Crippen LogP contribution in [0.5, 0.6) is 0 Å². The van der Waals surface area contributed by atoms with Gasteiger partial charge in [-0.2, -0.15) is 0 Å². The fraction of sp³-hybridized carbons (Fsp3) is 0.318. The second-order valence-corrected chi connectivity index (χ2v) is 8.83. The van der Waals surface area contributed by atoms with Gasteiger partial charge in [0.1, 0.15) is 0 Å². The standard InChI is InChI=1S/C22H21I2NO3/c1-3-11-22(12-4-2)17-8-6-5-7-15(17)16-10-9-14(13-18(16)22)19(26)20(23)25-28-21(24)27/h5-10,13H,3-4,11-12H2,1-2H3/b25-20-. The van der Waals surface area contributed by atoms with Gasteiger partial charge in [0.25, 0.3) is 0 Å². The van der Waals surface area contributed by atoms with E-state index in [2.05, 4.69) is 48.1 Å². The van der Waals surface area contributed by atoms with Crippen LogP contribution in [0.4, 0.5) is 4.79 Å². The first-order chi connectivity index (χ1) is 13.4. The number of ketones is 1. The van der Waals surface area contributed by atoms with Crippen molar-refractivity contribution in [2.45, 2.75) is 44.9 Å². The van der Waals surface area contributed by atoms with Crippen LogP contribution >= 0.6 is 45.2 Å². The predicted molar refractivity (Wildman–Crippen MR) is 129 cm³/mol. The largest absolute Gasteiger partial charge is 0.393 e. The number of fused-ring (bicyclic) bond motifs is 3. The second-order valence-electron chi connectivity index (χ2n) is 6.93. The van der Waals surface area contributed by atoms with E-state index < -0.39 is 3.98 Å². The molecule has 0 aliphatic heterocycles. The summed E-state index contributed by atoms with van der Waals surface area (Å²) in [5.74, 6) is -0.237. The Balaban J connectivity index is 2.12. The highest BCUT2D eigenvalue weighted by atomic mass is 127. The molecule has 0 saturated heterocycles. The molecule has 4 nitrogen and oxygen atoms in total. The van der Waals surface area contributed by atoms with E-state index >= 15 is 0 Å². The van der Waals surface area contributed by atoms with Gasteiger partial charge in [0.05, 0.1) is 22.6 Å². The van der Waals surface area contributed by atoms with Crippen LogP contribution in [0.2, 0.25) is 0 Å². The van der Waals surface area contributed by atoms with Crippen molar-refractivity contribution in [2.24, 2.45) is 5.16 Å². The average molecular weight is 601 g/mol. The van der Waals surface area contributed by atoms with Gasteiger partial charge in [-0.3, -0.25) is 4.79 Å². The van der Waals surface area contributed by atoms with E-state index in [1.165, 1.54) is 44.8 Å². The zero-order chi connectivity index (χ0) is 20.3. The lowest BCUT2D eigenvalue weighted by Crippen LogP contribution is -2.25. The molecule has 0 radical (unpaired) electrons. The summed E-state index contributed by atoms with van der Waals surface area (Å²) in [5.41, 5.74) is 5.56. The van der Waals surface area contributed by atoms with Gasteiger partial charge >= 0.3 is 3.98 Å². The molecular formula is C22H21I2NO3. The van der Waals surface area contributed by atoms with E-state index in [0.29, 0.717) is 5.56 Å². The highest BCUT2D eigenvalue weighted by Gasteiger charge is 2.41. The van der Waals surface area contributed by atoms with Crippen molar-refractivity contribution in [3.63, 3.8) is 0 Å². The fourth-order valence-electron chi connectivity index (χ4n) is 4.35. The molecule has 146 valence electrons. The van der Waals surface area contributed by atoms with Crippen molar-refractivity contribution in [3.05, 3.63) is 59.2 Å². The van der Waals surface area contributed by atoms with Gasteiger partial charge in [-0.1, -0.05) is 68.2 Å². The number of Topliss-reactive ketones (excluding diaryl/α,β-unsaturated/α-hetero) is 1. The first-order valence-corrected chi connectivity index (χ1v) is 11.5. The Morgan fingerprint density at radius 3 is 2.25 bits per heavy atom. The molecule has 1 aliphatic carbocycles. The summed E-state index contributed by atoms with van der Waals surface area (Å²) in [6.07, 6.45) is 4.22. The molecule has 6 heteroatoms. The second kappa shape index (κ2) is 9.02. The van der Waals surface area contributed by atoms with Crippen LogP contribution in [0.15, 0.2) is 47.6 Å². The number of hydrogen-bond acceptors (Lipinski definition) is 4. The van der Waals surface area contributed by atoms with Crippen LogP contribution in [0.3, 0.4) is 0 Å². The molecule has 0 heterocycles. The molecule has 0 amide bonds. The molecule has 0 N–H and O–H groups in total. The van der Waals surface area contributed by atoms with Crippen LogP contribution < -0.4 is 0 Å². The van der Waals surface area contributed by atoms with E-state index in [0.717, 1.165) is 25.7 Å². The maximum Gasteiger partial charge on any atom is 0.393 e. The monoisotopic (exact) mass is 601 g/mol. The molecule has 0 bridgehead atoms. The fourth-order valence-corrected chi connectivity index (χ4v) is 4.86. The lowest BCUT2D eigenvalue weighted by Gasteiger charge is -2.32. The van der Waals surface area contributed by atoms with Crippen molar-refractivity contribution >= 4 is 58.7 Å². The minimum atomic E-state index is -0.575. The Kier molecular flexibility index (Phi) is 6.90. The van der Waals surface area contributed by atoms with E-state index in [1.807, 2.05) is 40.8 Å². The predicted octanol–water partition coefficient (Wildman–Crippen LogP) is 7.06. The summed E-state index contributed by atoms with van der Waals surface area (Å²) in [6, 6.07) is 14.5. The average Bonchev–Trinajstić information content (AvgIpc) is 2.96. The van der Waals surface area contributed by atoms with Crippen LogP contribution in [-0.4, -0.2) is 13.5 Å². The zero-order valence-corrected chi connectivity index (χ0v) is 20.1. The van der Waals surface area contributed by atoms with Gasteiger partial charge in [-0.05, 0) is 63.8 Å².